The Bertz CT molecular complexity index is 553. The number of unbranched alkanes of at least 4 members (excludes halogenated alkanes) is 3. The van der Waals surface area contributed by atoms with Gasteiger partial charge < -0.3 is 9.47 Å². The lowest BCUT2D eigenvalue weighted by molar-refractivity contribution is 0.0400. The topological polar surface area (TPSA) is 35.5 Å². The van der Waals surface area contributed by atoms with Gasteiger partial charge in [-0.2, -0.15) is 0 Å². The summed E-state index contributed by atoms with van der Waals surface area (Å²) < 4.78 is 11.2. The second kappa shape index (κ2) is 11.1. The smallest absolute Gasteiger partial charge is 0.338 e. The first kappa shape index (κ1) is 20.5. The van der Waals surface area contributed by atoms with Crippen molar-refractivity contribution in [2.75, 3.05) is 13.2 Å². The van der Waals surface area contributed by atoms with E-state index in [1.165, 1.54) is 37.7 Å². The van der Waals surface area contributed by atoms with Crippen molar-refractivity contribution < 1.29 is 14.3 Å². The van der Waals surface area contributed by atoms with Crippen molar-refractivity contribution in [2.24, 2.45) is 11.8 Å². The predicted molar refractivity (Wildman–Crippen MR) is 107 cm³/mol. The van der Waals surface area contributed by atoms with E-state index in [2.05, 4.69) is 20.4 Å². The van der Waals surface area contributed by atoms with E-state index in [9.17, 15) is 4.79 Å². The molecule has 1 aromatic carbocycles. The Labute approximate surface area is 158 Å². The van der Waals surface area contributed by atoms with Crippen molar-refractivity contribution in [3.05, 3.63) is 42.0 Å². The molecule has 26 heavy (non-hydrogen) atoms. The van der Waals surface area contributed by atoms with Crippen molar-refractivity contribution >= 4 is 5.97 Å². The molecule has 1 saturated carbocycles. The first-order valence-electron chi connectivity index (χ1n) is 10.2. The minimum atomic E-state index is -0.235. The summed E-state index contributed by atoms with van der Waals surface area (Å²) in [6, 6.07) is 7.30. The van der Waals surface area contributed by atoms with E-state index in [1.54, 1.807) is 12.1 Å². The van der Waals surface area contributed by atoms with Gasteiger partial charge in [0.1, 0.15) is 5.75 Å². The maximum absolute atomic E-state index is 12.2. The first-order chi connectivity index (χ1) is 12.6. The zero-order chi connectivity index (χ0) is 18.8. The third kappa shape index (κ3) is 6.86. The van der Waals surface area contributed by atoms with Gasteiger partial charge in [0, 0.05) is 0 Å². The van der Waals surface area contributed by atoms with Crippen molar-refractivity contribution in [2.45, 2.75) is 65.2 Å². The Hall–Kier alpha value is -1.77. The molecule has 0 saturated heterocycles. The standard InChI is InChI=1S/C23H34O3/c1-4-5-6-7-16-25-22-14-12-21(13-15-22)23(24)26-17-19-8-10-20(11-9-19)18(2)3/h12-15,19-20H,2,4-11,16-17H2,1,3H3. The number of hydrogen-bond acceptors (Lipinski definition) is 3. The third-order valence-electron chi connectivity index (χ3n) is 5.35. The molecule has 0 atom stereocenters. The van der Waals surface area contributed by atoms with Crippen LogP contribution in [0.1, 0.15) is 75.6 Å². The fourth-order valence-electron chi connectivity index (χ4n) is 3.50. The Morgan fingerprint density at radius 1 is 1.08 bits per heavy atom. The lowest BCUT2D eigenvalue weighted by Gasteiger charge is -2.28. The molecule has 1 aliphatic carbocycles. The lowest BCUT2D eigenvalue weighted by Crippen LogP contribution is -2.21. The van der Waals surface area contributed by atoms with Crippen LogP contribution in [-0.4, -0.2) is 19.2 Å². The van der Waals surface area contributed by atoms with Crippen LogP contribution in [0, 0.1) is 11.8 Å². The fourth-order valence-corrected chi connectivity index (χ4v) is 3.50. The quantitative estimate of drug-likeness (QED) is 0.284. The van der Waals surface area contributed by atoms with E-state index >= 15 is 0 Å². The summed E-state index contributed by atoms with van der Waals surface area (Å²) in [6.45, 7) is 9.63. The highest BCUT2D eigenvalue weighted by atomic mass is 16.5. The lowest BCUT2D eigenvalue weighted by atomic mass is 9.79. The molecule has 2 rings (SSSR count). The van der Waals surface area contributed by atoms with Gasteiger partial charge in [-0.15, -0.1) is 0 Å². The molecule has 0 amide bonds. The molecule has 0 radical (unpaired) electrons. The minimum Gasteiger partial charge on any atom is -0.494 e. The van der Waals surface area contributed by atoms with Crippen LogP contribution in [0.2, 0.25) is 0 Å². The van der Waals surface area contributed by atoms with Crippen LogP contribution in [0.25, 0.3) is 0 Å². The van der Waals surface area contributed by atoms with Gasteiger partial charge in [0.2, 0.25) is 0 Å². The molecule has 1 aliphatic rings. The van der Waals surface area contributed by atoms with E-state index in [0.29, 0.717) is 24.0 Å². The van der Waals surface area contributed by atoms with Gasteiger partial charge in [0.05, 0.1) is 18.8 Å². The van der Waals surface area contributed by atoms with Crippen molar-refractivity contribution in [3.63, 3.8) is 0 Å². The SMILES string of the molecule is C=C(C)C1CCC(COC(=O)c2ccc(OCCCCCC)cc2)CC1. The van der Waals surface area contributed by atoms with Crippen molar-refractivity contribution in [3.8, 4) is 5.75 Å². The van der Waals surface area contributed by atoms with Gasteiger partial charge in [-0.1, -0.05) is 38.3 Å². The Balaban J connectivity index is 1.68. The molecule has 3 heteroatoms. The Morgan fingerprint density at radius 3 is 2.38 bits per heavy atom. The summed E-state index contributed by atoms with van der Waals surface area (Å²) in [7, 11) is 0. The van der Waals surface area contributed by atoms with Gasteiger partial charge in [0.25, 0.3) is 0 Å². The van der Waals surface area contributed by atoms with Gasteiger partial charge >= 0.3 is 5.97 Å². The number of allylic oxidation sites excluding steroid dienone is 1. The minimum absolute atomic E-state index is 0.235. The molecule has 144 valence electrons. The zero-order valence-corrected chi connectivity index (χ0v) is 16.5. The van der Waals surface area contributed by atoms with Crippen molar-refractivity contribution in [1.29, 1.82) is 0 Å². The van der Waals surface area contributed by atoms with Crippen molar-refractivity contribution in [1.82, 2.24) is 0 Å². The van der Waals surface area contributed by atoms with Gasteiger partial charge in [0.15, 0.2) is 0 Å². The predicted octanol–water partition coefficient (Wildman–Crippen LogP) is 6.19. The maximum Gasteiger partial charge on any atom is 0.338 e. The molecule has 0 spiro atoms. The van der Waals surface area contributed by atoms with Crippen LogP contribution in [-0.2, 0) is 4.74 Å². The largest absolute Gasteiger partial charge is 0.494 e. The zero-order valence-electron chi connectivity index (χ0n) is 16.5. The molecule has 0 heterocycles. The van der Waals surface area contributed by atoms with Gasteiger partial charge in [-0.25, -0.2) is 4.79 Å². The number of carbonyl (C=O) groups excluding carboxylic acids is 1. The maximum atomic E-state index is 12.2. The highest BCUT2D eigenvalue weighted by Crippen LogP contribution is 2.32. The summed E-state index contributed by atoms with van der Waals surface area (Å²) in [4.78, 5) is 12.2. The second-order valence-electron chi connectivity index (χ2n) is 7.60. The van der Waals surface area contributed by atoms with Gasteiger partial charge in [-0.3, -0.25) is 0 Å². The summed E-state index contributed by atoms with van der Waals surface area (Å²) in [5.41, 5.74) is 1.88. The van der Waals surface area contributed by atoms with Crippen LogP contribution in [0.3, 0.4) is 0 Å². The van der Waals surface area contributed by atoms with E-state index in [1.807, 2.05) is 12.1 Å². The third-order valence-corrected chi connectivity index (χ3v) is 5.35. The molecule has 0 aromatic heterocycles. The number of rotatable bonds is 10. The first-order valence-corrected chi connectivity index (χ1v) is 10.2. The second-order valence-corrected chi connectivity index (χ2v) is 7.60. The monoisotopic (exact) mass is 358 g/mol. The molecule has 1 fully saturated rings. The molecule has 0 unspecified atom stereocenters. The molecule has 0 bridgehead atoms. The average molecular weight is 359 g/mol. The number of benzene rings is 1. The number of ether oxygens (including phenoxy) is 2. The van der Waals surface area contributed by atoms with E-state index in [0.717, 1.165) is 31.6 Å². The van der Waals surface area contributed by atoms with Crippen LogP contribution < -0.4 is 4.74 Å². The normalized spacial score (nSPS) is 19.8. The van der Waals surface area contributed by atoms with Gasteiger partial charge in [-0.05, 0) is 75.1 Å². The summed E-state index contributed by atoms with van der Waals surface area (Å²) in [5.74, 6) is 1.72. The molecule has 1 aromatic rings. The van der Waals surface area contributed by atoms with Crippen LogP contribution >= 0.6 is 0 Å². The average Bonchev–Trinajstić information content (AvgIpc) is 2.66. The summed E-state index contributed by atoms with van der Waals surface area (Å²) >= 11 is 0. The summed E-state index contributed by atoms with van der Waals surface area (Å²) in [5, 5.41) is 0. The molecule has 0 aliphatic heterocycles. The molecular formula is C23H34O3. The van der Waals surface area contributed by atoms with Crippen LogP contribution in [0.4, 0.5) is 0 Å². The Kier molecular flexibility index (Phi) is 8.73. The van der Waals surface area contributed by atoms with E-state index < -0.39 is 0 Å². The Morgan fingerprint density at radius 2 is 1.77 bits per heavy atom. The molecule has 0 N–H and O–H groups in total. The van der Waals surface area contributed by atoms with E-state index in [4.69, 9.17) is 9.47 Å². The highest BCUT2D eigenvalue weighted by Gasteiger charge is 2.22. The molecule has 3 nitrogen and oxygen atoms in total. The van der Waals surface area contributed by atoms with Crippen LogP contribution in [0.5, 0.6) is 5.75 Å². The van der Waals surface area contributed by atoms with E-state index in [-0.39, 0.29) is 5.97 Å². The fraction of sp³-hybridized carbons (Fsp3) is 0.609. The number of hydrogen-bond donors (Lipinski definition) is 0. The highest BCUT2D eigenvalue weighted by molar-refractivity contribution is 5.89. The van der Waals surface area contributed by atoms with Crippen LogP contribution in [0.15, 0.2) is 36.4 Å². The summed E-state index contributed by atoms with van der Waals surface area (Å²) in [6.07, 6.45) is 9.34. The number of carbonyl (C=O) groups is 1. The number of esters is 1. The molecular weight excluding hydrogens is 324 g/mol.